The number of rotatable bonds is 6. The van der Waals surface area contributed by atoms with Crippen molar-refractivity contribution in [2.24, 2.45) is 0 Å². The fraction of sp³-hybridized carbons (Fsp3) is 0.308. The smallest absolute Gasteiger partial charge is 0.256 e. The lowest BCUT2D eigenvalue weighted by Gasteiger charge is -2.21. The SMILES string of the molecule is C=CCN(CCO)C(=O)c1cccc(OC)c1N. The van der Waals surface area contributed by atoms with Crippen LogP contribution < -0.4 is 10.5 Å². The average molecular weight is 250 g/mol. The molecule has 0 unspecified atom stereocenters. The fourth-order valence-electron chi connectivity index (χ4n) is 1.63. The molecule has 0 fully saturated rings. The summed E-state index contributed by atoms with van der Waals surface area (Å²) in [7, 11) is 1.50. The molecular weight excluding hydrogens is 232 g/mol. The number of ether oxygens (including phenoxy) is 1. The van der Waals surface area contributed by atoms with Gasteiger partial charge >= 0.3 is 0 Å². The van der Waals surface area contributed by atoms with Gasteiger partial charge in [-0.3, -0.25) is 4.79 Å². The Bertz CT molecular complexity index is 432. The molecule has 0 radical (unpaired) electrons. The Morgan fingerprint density at radius 2 is 2.33 bits per heavy atom. The molecule has 1 amide bonds. The highest BCUT2D eigenvalue weighted by Crippen LogP contribution is 2.25. The number of hydrogen-bond donors (Lipinski definition) is 2. The zero-order valence-electron chi connectivity index (χ0n) is 10.4. The van der Waals surface area contributed by atoms with E-state index in [4.69, 9.17) is 15.6 Å². The number of nitrogens with two attached hydrogens (primary N) is 1. The van der Waals surface area contributed by atoms with Crippen LogP contribution in [0.25, 0.3) is 0 Å². The van der Waals surface area contributed by atoms with E-state index in [2.05, 4.69) is 6.58 Å². The second kappa shape index (κ2) is 6.66. The summed E-state index contributed by atoms with van der Waals surface area (Å²) in [6.07, 6.45) is 1.60. The van der Waals surface area contributed by atoms with Crippen molar-refractivity contribution in [3.8, 4) is 5.75 Å². The van der Waals surface area contributed by atoms with Crippen LogP contribution in [0.4, 0.5) is 5.69 Å². The number of nitrogens with zero attached hydrogens (tertiary/aromatic N) is 1. The number of anilines is 1. The van der Waals surface area contributed by atoms with Crippen LogP contribution in [-0.2, 0) is 0 Å². The molecule has 0 aliphatic carbocycles. The monoisotopic (exact) mass is 250 g/mol. The molecule has 0 heterocycles. The van der Waals surface area contributed by atoms with E-state index < -0.39 is 0 Å². The third kappa shape index (κ3) is 3.01. The van der Waals surface area contributed by atoms with E-state index in [1.165, 1.54) is 12.0 Å². The van der Waals surface area contributed by atoms with Crippen molar-refractivity contribution >= 4 is 11.6 Å². The Kier molecular flexibility index (Phi) is 5.20. The molecule has 18 heavy (non-hydrogen) atoms. The number of amides is 1. The summed E-state index contributed by atoms with van der Waals surface area (Å²) in [5.74, 6) is 0.212. The van der Waals surface area contributed by atoms with Crippen molar-refractivity contribution < 1.29 is 14.6 Å². The topological polar surface area (TPSA) is 75.8 Å². The maximum atomic E-state index is 12.2. The first-order valence-electron chi connectivity index (χ1n) is 5.59. The number of para-hydroxylation sites is 1. The van der Waals surface area contributed by atoms with E-state index in [1.807, 2.05) is 0 Å². The van der Waals surface area contributed by atoms with Crippen LogP contribution in [0, 0.1) is 0 Å². The average Bonchev–Trinajstić information content (AvgIpc) is 2.38. The molecule has 5 nitrogen and oxygen atoms in total. The van der Waals surface area contributed by atoms with Gasteiger partial charge in [0.1, 0.15) is 5.75 Å². The molecule has 0 aliphatic rings. The highest BCUT2D eigenvalue weighted by atomic mass is 16.5. The Balaban J connectivity index is 3.04. The summed E-state index contributed by atoms with van der Waals surface area (Å²) >= 11 is 0. The van der Waals surface area contributed by atoms with E-state index in [0.29, 0.717) is 23.5 Å². The lowest BCUT2D eigenvalue weighted by atomic mass is 10.1. The van der Waals surface area contributed by atoms with Gasteiger partial charge in [-0.25, -0.2) is 0 Å². The van der Waals surface area contributed by atoms with Gasteiger partial charge in [0.05, 0.1) is 25.0 Å². The molecule has 0 aliphatic heterocycles. The maximum absolute atomic E-state index is 12.2. The van der Waals surface area contributed by atoms with E-state index >= 15 is 0 Å². The van der Waals surface area contributed by atoms with Gasteiger partial charge < -0.3 is 20.5 Å². The number of nitrogen functional groups attached to an aromatic ring is 1. The first-order chi connectivity index (χ1) is 8.65. The molecule has 1 aromatic carbocycles. The van der Waals surface area contributed by atoms with Crippen LogP contribution >= 0.6 is 0 Å². The van der Waals surface area contributed by atoms with Crippen molar-refractivity contribution in [1.29, 1.82) is 0 Å². The number of hydrogen-bond acceptors (Lipinski definition) is 4. The lowest BCUT2D eigenvalue weighted by Crippen LogP contribution is -2.34. The summed E-state index contributed by atoms with van der Waals surface area (Å²) in [5, 5.41) is 8.95. The van der Waals surface area contributed by atoms with Crippen LogP contribution in [0.15, 0.2) is 30.9 Å². The standard InChI is InChI=1S/C13H18N2O3/c1-3-7-15(8-9-16)13(17)10-5-4-6-11(18-2)12(10)14/h3-6,16H,1,7-9,14H2,2H3. The third-order valence-corrected chi connectivity index (χ3v) is 2.52. The molecule has 98 valence electrons. The van der Waals surface area contributed by atoms with Crippen LogP contribution in [0.2, 0.25) is 0 Å². The van der Waals surface area contributed by atoms with E-state index in [-0.39, 0.29) is 19.1 Å². The summed E-state index contributed by atoms with van der Waals surface area (Å²) in [5.41, 5.74) is 6.53. The van der Waals surface area contributed by atoms with Gasteiger partial charge in [-0.1, -0.05) is 12.1 Å². The number of aliphatic hydroxyl groups excluding tert-OH is 1. The highest BCUT2D eigenvalue weighted by molar-refractivity contribution is 6.00. The minimum Gasteiger partial charge on any atom is -0.495 e. The predicted octanol–water partition coefficient (Wildman–Crippen LogP) is 0.898. The molecule has 0 saturated carbocycles. The summed E-state index contributed by atoms with van der Waals surface area (Å²) in [6.45, 7) is 4.07. The summed E-state index contributed by atoms with van der Waals surface area (Å²) in [6, 6.07) is 5.02. The van der Waals surface area contributed by atoms with Gasteiger partial charge in [0.25, 0.3) is 5.91 Å². The second-order valence-corrected chi connectivity index (χ2v) is 3.68. The Labute approximate surface area is 106 Å². The number of carbonyl (C=O) groups is 1. The zero-order valence-corrected chi connectivity index (χ0v) is 10.4. The minimum absolute atomic E-state index is 0.108. The van der Waals surface area contributed by atoms with Gasteiger partial charge in [0.2, 0.25) is 0 Å². The molecular formula is C13H18N2O3. The van der Waals surface area contributed by atoms with Crippen molar-refractivity contribution in [3.63, 3.8) is 0 Å². The highest BCUT2D eigenvalue weighted by Gasteiger charge is 2.18. The largest absolute Gasteiger partial charge is 0.495 e. The molecule has 0 atom stereocenters. The first kappa shape index (κ1) is 14.1. The molecule has 0 spiro atoms. The van der Waals surface area contributed by atoms with Crippen molar-refractivity contribution in [2.75, 3.05) is 32.5 Å². The van der Waals surface area contributed by atoms with E-state index in [9.17, 15) is 4.79 Å². The second-order valence-electron chi connectivity index (χ2n) is 3.68. The van der Waals surface area contributed by atoms with Crippen molar-refractivity contribution in [2.45, 2.75) is 0 Å². The molecule has 3 N–H and O–H groups in total. The molecule has 1 rings (SSSR count). The third-order valence-electron chi connectivity index (χ3n) is 2.52. The van der Waals surface area contributed by atoms with Crippen LogP contribution in [-0.4, -0.2) is 42.7 Å². The van der Waals surface area contributed by atoms with Crippen LogP contribution in [0.1, 0.15) is 10.4 Å². The van der Waals surface area contributed by atoms with Gasteiger partial charge in [-0.05, 0) is 12.1 Å². The maximum Gasteiger partial charge on any atom is 0.256 e. The minimum atomic E-state index is -0.250. The predicted molar refractivity (Wildman–Crippen MR) is 70.6 cm³/mol. The normalized spacial score (nSPS) is 9.89. The molecule has 0 saturated heterocycles. The van der Waals surface area contributed by atoms with Gasteiger partial charge in [0.15, 0.2) is 0 Å². The zero-order chi connectivity index (χ0) is 13.5. The van der Waals surface area contributed by atoms with Crippen molar-refractivity contribution in [1.82, 2.24) is 4.90 Å². The number of benzene rings is 1. The van der Waals surface area contributed by atoms with Crippen molar-refractivity contribution in [3.05, 3.63) is 36.4 Å². The fourth-order valence-corrected chi connectivity index (χ4v) is 1.63. The number of aliphatic hydroxyl groups is 1. The molecule has 5 heteroatoms. The van der Waals surface area contributed by atoms with E-state index in [0.717, 1.165) is 0 Å². The first-order valence-corrected chi connectivity index (χ1v) is 5.59. The Morgan fingerprint density at radius 3 is 2.89 bits per heavy atom. The molecule has 0 aromatic heterocycles. The quantitative estimate of drug-likeness (QED) is 0.581. The van der Waals surface area contributed by atoms with Gasteiger partial charge in [-0.2, -0.15) is 0 Å². The summed E-state index contributed by atoms with van der Waals surface area (Å²) in [4.78, 5) is 13.7. The molecule has 0 bridgehead atoms. The van der Waals surface area contributed by atoms with Crippen LogP contribution in [0.3, 0.4) is 0 Å². The summed E-state index contributed by atoms with van der Waals surface area (Å²) < 4.78 is 5.07. The Hall–Kier alpha value is -2.01. The van der Waals surface area contributed by atoms with Gasteiger partial charge in [-0.15, -0.1) is 6.58 Å². The lowest BCUT2D eigenvalue weighted by molar-refractivity contribution is 0.0743. The van der Waals surface area contributed by atoms with Crippen LogP contribution in [0.5, 0.6) is 5.75 Å². The number of methoxy groups -OCH3 is 1. The van der Waals surface area contributed by atoms with Gasteiger partial charge in [0, 0.05) is 13.1 Å². The van der Waals surface area contributed by atoms with E-state index in [1.54, 1.807) is 24.3 Å². The number of carbonyl (C=O) groups excluding carboxylic acids is 1. The Morgan fingerprint density at radius 1 is 1.61 bits per heavy atom. The molecule has 1 aromatic rings.